The summed E-state index contributed by atoms with van der Waals surface area (Å²) in [5.41, 5.74) is 2.46. The monoisotopic (exact) mass is 308 g/mol. The predicted molar refractivity (Wildman–Crippen MR) is 83.9 cm³/mol. The van der Waals surface area contributed by atoms with Crippen LogP contribution in [0.4, 0.5) is 0 Å². The number of rotatable bonds is 4. The highest BCUT2D eigenvalue weighted by molar-refractivity contribution is 5.94. The molecule has 0 unspecified atom stereocenters. The molecule has 23 heavy (non-hydrogen) atoms. The SMILES string of the molecule is C[C@H](c1ccncc1)N(C)C(=O)c1ccc(-n2cnnn2)cc1. The van der Waals surface area contributed by atoms with Crippen molar-refractivity contribution in [3.8, 4) is 5.69 Å². The first-order valence-corrected chi connectivity index (χ1v) is 7.17. The lowest BCUT2D eigenvalue weighted by molar-refractivity contribution is 0.0742. The molecule has 7 nitrogen and oxygen atoms in total. The minimum atomic E-state index is -0.0439. The van der Waals surface area contributed by atoms with Crippen LogP contribution in [0.25, 0.3) is 5.69 Å². The fourth-order valence-electron chi connectivity index (χ4n) is 2.28. The van der Waals surface area contributed by atoms with Gasteiger partial charge in [-0.15, -0.1) is 5.10 Å². The molecule has 0 fully saturated rings. The van der Waals surface area contributed by atoms with E-state index in [0.29, 0.717) is 5.56 Å². The normalized spacial score (nSPS) is 11.9. The van der Waals surface area contributed by atoms with Crippen LogP contribution in [0.2, 0.25) is 0 Å². The number of hydrogen-bond acceptors (Lipinski definition) is 5. The van der Waals surface area contributed by atoms with Crippen molar-refractivity contribution in [2.75, 3.05) is 7.05 Å². The molecule has 0 spiro atoms. The number of pyridine rings is 1. The van der Waals surface area contributed by atoms with Gasteiger partial charge in [0.1, 0.15) is 6.33 Å². The number of carbonyl (C=O) groups excluding carboxylic acids is 1. The third-order valence-corrected chi connectivity index (χ3v) is 3.82. The highest BCUT2D eigenvalue weighted by Gasteiger charge is 2.18. The molecular formula is C16H16N6O. The van der Waals surface area contributed by atoms with E-state index in [1.165, 1.54) is 11.0 Å². The van der Waals surface area contributed by atoms with E-state index in [1.54, 1.807) is 36.5 Å². The van der Waals surface area contributed by atoms with Gasteiger partial charge < -0.3 is 4.90 Å². The molecule has 116 valence electrons. The van der Waals surface area contributed by atoms with Crippen LogP contribution in [-0.4, -0.2) is 43.0 Å². The van der Waals surface area contributed by atoms with Crippen molar-refractivity contribution in [2.24, 2.45) is 0 Å². The summed E-state index contributed by atoms with van der Waals surface area (Å²) in [5.74, 6) is -0.0439. The molecule has 2 heterocycles. The van der Waals surface area contributed by atoms with Crippen molar-refractivity contribution in [3.05, 3.63) is 66.2 Å². The summed E-state index contributed by atoms with van der Waals surface area (Å²) in [7, 11) is 1.79. The molecule has 0 aliphatic carbocycles. The Kier molecular flexibility index (Phi) is 4.09. The zero-order valence-corrected chi connectivity index (χ0v) is 12.9. The van der Waals surface area contributed by atoms with E-state index in [0.717, 1.165) is 11.3 Å². The van der Waals surface area contributed by atoms with Gasteiger partial charge in [-0.05, 0) is 59.3 Å². The highest BCUT2D eigenvalue weighted by atomic mass is 16.2. The highest BCUT2D eigenvalue weighted by Crippen LogP contribution is 2.20. The van der Waals surface area contributed by atoms with Crippen LogP contribution >= 0.6 is 0 Å². The zero-order chi connectivity index (χ0) is 16.2. The molecule has 0 radical (unpaired) electrons. The average molecular weight is 308 g/mol. The van der Waals surface area contributed by atoms with Gasteiger partial charge in [-0.2, -0.15) is 0 Å². The van der Waals surface area contributed by atoms with E-state index in [1.807, 2.05) is 31.2 Å². The second kappa shape index (κ2) is 6.35. The van der Waals surface area contributed by atoms with Crippen LogP contribution in [0.15, 0.2) is 55.1 Å². The molecule has 0 aliphatic heterocycles. The van der Waals surface area contributed by atoms with Gasteiger partial charge in [0, 0.05) is 25.0 Å². The van der Waals surface area contributed by atoms with E-state index in [9.17, 15) is 4.79 Å². The van der Waals surface area contributed by atoms with Gasteiger partial charge in [0.05, 0.1) is 11.7 Å². The number of hydrogen-bond donors (Lipinski definition) is 0. The van der Waals surface area contributed by atoms with Crippen LogP contribution in [0.1, 0.15) is 28.9 Å². The molecule has 7 heteroatoms. The quantitative estimate of drug-likeness (QED) is 0.735. The maximum Gasteiger partial charge on any atom is 0.254 e. The summed E-state index contributed by atoms with van der Waals surface area (Å²) in [6.07, 6.45) is 4.96. The van der Waals surface area contributed by atoms with E-state index in [-0.39, 0.29) is 11.9 Å². The third-order valence-electron chi connectivity index (χ3n) is 3.82. The number of nitrogens with zero attached hydrogens (tertiary/aromatic N) is 6. The van der Waals surface area contributed by atoms with Gasteiger partial charge in [0.2, 0.25) is 0 Å². The summed E-state index contributed by atoms with van der Waals surface area (Å²) in [5, 5.41) is 11.0. The van der Waals surface area contributed by atoms with Crippen LogP contribution in [0, 0.1) is 0 Å². The standard InChI is InChI=1S/C16H16N6O/c1-12(13-7-9-17-10-8-13)21(2)16(23)14-3-5-15(6-4-14)22-11-18-19-20-22/h3-12H,1-2H3/t12-/m1/s1. The minimum absolute atomic E-state index is 0.0373. The summed E-state index contributed by atoms with van der Waals surface area (Å²) < 4.78 is 1.54. The number of aromatic nitrogens is 5. The smallest absolute Gasteiger partial charge is 0.254 e. The molecule has 0 bridgehead atoms. The summed E-state index contributed by atoms with van der Waals surface area (Å²) in [6, 6.07) is 11.0. The Balaban J connectivity index is 1.77. The lowest BCUT2D eigenvalue weighted by Gasteiger charge is -2.25. The summed E-state index contributed by atoms with van der Waals surface area (Å²) >= 11 is 0. The van der Waals surface area contributed by atoms with E-state index in [2.05, 4.69) is 20.5 Å². The van der Waals surface area contributed by atoms with Gasteiger partial charge in [-0.1, -0.05) is 0 Å². The topological polar surface area (TPSA) is 76.8 Å². The Morgan fingerprint density at radius 2 is 1.83 bits per heavy atom. The van der Waals surface area contributed by atoms with Crippen molar-refractivity contribution in [1.82, 2.24) is 30.1 Å². The molecule has 1 aromatic carbocycles. The second-order valence-corrected chi connectivity index (χ2v) is 5.17. The Morgan fingerprint density at radius 3 is 2.43 bits per heavy atom. The molecule has 1 amide bonds. The predicted octanol–water partition coefficient (Wildman–Crippen LogP) is 1.89. The largest absolute Gasteiger partial charge is 0.335 e. The van der Waals surface area contributed by atoms with Gasteiger partial charge >= 0.3 is 0 Å². The van der Waals surface area contributed by atoms with Crippen molar-refractivity contribution in [2.45, 2.75) is 13.0 Å². The van der Waals surface area contributed by atoms with Gasteiger partial charge in [0.15, 0.2) is 0 Å². The fourth-order valence-corrected chi connectivity index (χ4v) is 2.28. The van der Waals surface area contributed by atoms with Crippen LogP contribution < -0.4 is 0 Å². The first-order valence-electron chi connectivity index (χ1n) is 7.17. The maximum absolute atomic E-state index is 12.6. The Labute approximate surface area is 133 Å². The molecule has 0 aliphatic rings. The Bertz CT molecular complexity index is 770. The lowest BCUT2D eigenvalue weighted by atomic mass is 10.1. The van der Waals surface area contributed by atoms with Crippen LogP contribution in [-0.2, 0) is 0 Å². The van der Waals surface area contributed by atoms with Gasteiger partial charge in [-0.25, -0.2) is 4.68 Å². The molecule has 3 aromatic rings. The molecule has 0 saturated heterocycles. The van der Waals surface area contributed by atoms with Crippen molar-refractivity contribution in [1.29, 1.82) is 0 Å². The Hall–Kier alpha value is -3.09. The lowest BCUT2D eigenvalue weighted by Crippen LogP contribution is -2.29. The summed E-state index contributed by atoms with van der Waals surface area (Å²) in [6.45, 7) is 1.99. The molecule has 0 saturated carbocycles. The second-order valence-electron chi connectivity index (χ2n) is 5.17. The van der Waals surface area contributed by atoms with Crippen molar-refractivity contribution >= 4 is 5.91 Å². The molecular weight excluding hydrogens is 292 g/mol. The van der Waals surface area contributed by atoms with Gasteiger partial charge in [-0.3, -0.25) is 9.78 Å². The fraction of sp³-hybridized carbons (Fsp3) is 0.188. The van der Waals surface area contributed by atoms with E-state index >= 15 is 0 Å². The van der Waals surface area contributed by atoms with Crippen LogP contribution in [0.3, 0.4) is 0 Å². The van der Waals surface area contributed by atoms with Crippen molar-refractivity contribution in [3.63, 3.8) is 0 Å². The molecule has 2 aromatic heterocycles. The minimum Gasteiger partial charge on any atom is -0.335 e. The zero-order valence-electron chi connectivity index (χ0n) is 12.9. The number of carbonyl (C=O) groups is 1. The van der Waals surface area contributed by atoms with Gasteiger partial charge in [0.25, 0.3) is 5.91 Å². The molecule has 1 atom stereocenters. The Morgan fingerprint density at radius 1 is 1.13 bits per heavy atom. The maximum atomic E-state index is 12.6. The molecule has 3 rings (SSSR count). The third kappa shape index (κ3) is 3.08. The average Bonchev–Trinajstić information content (AvgIpc) is 3.15. The summed E-state index contributed by atoms with van der Waals surface area (Å²) in [4.78, 5) is 18.3. The first kappa shape index (κ1) is 14.8. The first-order chi connectivity index (χ1) is 11.2. The van der Waals surface area contributed by atoms with E-state index < -0.39 is 0 Å². The van der Waals surface area contributed by atoms with E-state index in [4.69, 9.17) is 0 Å². The van der Waals surface area contributed by atoms with Crippen molar-refractivity contribution < 1.29 is 4.79 Å². The molecule has 0 N–H and O–H groups in total. The number of benzene rings is 1. The number of tetrazole rings is 1. The van der Waals surface area contributed by atoms with Crippen LogP contribution in [0.5, 0.6) is 0 Å². The number of amides is 1.